The lowest BCUT2D eigenvalue weighted by atomic mass is 10.1. The predicted molar refractivity (Wildman–Crippen MR) is 145 cm³/mol. The van der Waals surface area contributed by atoms with Crippen molar-refractivity contribution in [1.82, 2.24) is 0 Å². The molecule has 0 heterocycles. The standard InChI is InChI=1S/C30H48P.BrH/c1-3-5-7-9-11-13-21-27-31(29-23-17-15-18-24-29,30-25-19-16-20-26-30)28-22-14-12-10-8-6-4-2;/h15-20,23-26H,3-14,21-22,27-28H2,1-2H3;1H/q+1;/p-1. The van der Waals surface area contributed by atoms with Gasteiger partial charge in [0.05, 0.1) is 30.2 Å². The maximum atomic E-state index is 2.43. The van der Waals surface area contributed by atoms with Crippen LogP contribution in [-0.4, -0.2) is 12.3 Å². The molecule has 0 nitrogen and oxygen atoms in total. The molecule has 180 valence electrons. The van der Waals surface area contributed by atoms with Gasteiger partial charge in [-0.25, -0.2) is 0 Å². The van der Waals surface area contributed by atoms with Gasteiger partial charge in [-0.2, -0.15) is 0 Å². The lowest BCUT2D eigenvalue weighted by molar-refractivity contribution is -0.00000657. The van der Waals surface area contributed by atoms with Crippen molar-refractivity contribution in [2.24, 2.45) is 0 Å². The smallest absolute Gasteiger partial charge is 0.0991 e. The number of benzene rings is 2. The second-order valence-corrected chi connectivity index (χ2v) is 13.2. The van der Waals surface area contributed by atoms with Crippen molar-refractivity contribution in [1.29, 1.82) is 0 Å². The van der Waals surface area contributed by atoms with Crippen LogP contribution in [0.2, 0.25) is 0 Å². The molecular formula is C30H48BrP. The van der Waals surface area contributed by atoms with Crippen molar-refractivity contribution < 1.29 is 17.0 Å². The highest BCUT2D eigenvalue weighted by atomic mass is 79.9. The third-order valence-corrected chi connectivity index (χ3v) is 11.5. The van der Waals surface area contributed by atoms with Gasteiger partial charge in [-0.3, -0.25) is 0 Å². The van der Waals surface area contributed by atoms with Crippen LogP contribution in [0.15, 0.2) is 60.7 Å². The molecule has 0 radical (unpaired) electrons. The number of hydrogen-bond acceptors (Lipinski definition) is 0. The number of hydrogen-bond donors (Lipinski definition) is 0. The van der Waals surface area contributed by atoms with Crippen molar-refractivity contribution in [2.75, 3.05) is 12.3 Å². The van der Waals surface area contributed by atoms with Crippen LogP contribution in [0.3, 0.4) is 0 Å². The highest BCUT2D eigenvalue weighted by molar-refractivity contribution is 7.89. The highest BCUT2D eigenvalue weighted by Gasteiger charge is 2.41. The Labute approximate surface area is 211 Å². The summed E-state index contributed by atoms with van der Waals surface area (Å²) < 4.78 is 0. The van der Waals surface area contributed by atoms with Crippen LogP contribution in [0.25, 0.3) is 0 Å². The van der Waals surface area contributed by atoms with E-state index in [2.05, 4.69) is 74.5 Å². The van der Waals surface area contributed by atoms with Gasteiger partial charge in [0, 0.05) is 0 Å². The largest absolute Gasteiger partial charge is 1.00 e. The van der Waals surface area contributed by atoms with Gasteiger partial charge in [-0.15, -0.1) is 0 Å². The van der Waals surface area contributed by atoms with Gasteiger partial charge in [0.25, 0.3) is 0 Å². The molecule has 0 unspecified atom stereocenters. The SMILES string of the molecule is CCCCCCCCC[P+](CCCCCCCCC)(c1ccccc1)c1ccccc1.[Br-]. The minimum atomic E-state index is -1.32. The molecule has 32 heavy (non-hydrogen) atoms. The molecule has 0 aliphatic heterocycles. The summed E-state index contributed by atoms with van der Waals surface area (Å²) in [7, 11) is -1.32. The molecule has 0 aromatic heterocycles. The zero-order chi connectivity index (χ0) is 22.0. The van der Waals surface area contributed by atoms with Crippen molar-refractivity contribution in [3.8, 4) is 0 Å². The molecule has 0 atom stereocenters. The number of halogens is 1. The third-order valence-electron chi connectivity index (χ3n) is 6.79. The summed E-state index contributed by atoms with van der Waals surface area (Å²) in [6, 6.07) is 23.2. The highest BCUT2D eigenvalue weighted by Crippen LogP contribution is 2.57. The molecule has 0 fully saturated rings. The zero-order valence-corrected chi connectivity index (χ0v) is 23.4. The Morgan fingerprint density at radius 1 is 0.438 bits per heavy atom. The van der Waals surface area contributed by atoms with E-state index < -0.39 is 7.26 Å². The first-order valence-electron chi connectivity index (χ1n) is 13.3. The van der Waals surface area contributed by atoms with Crippen molar-refractivity contribution >= 4 is 17.9 Å². The van der Waals surface area contributed by atoms with E-state index in [4.69, 9.17) is 0 Å². The number of rotatable bonds is 18. The minimum absolute atomic E-state index is 0. The molecule has 0 amide bonds. The van der Waals surface area contributed by atoms with Gasteiger partial charge in [0.15, 0.2) is 0 Å². The lowest BCUT2D eigenvalue weighted by Crippen LogP contribution is -3.00. The van der Waals surface area contributed by atoms with Crippen molar-refractivity contribution in [3.63, 3.8) is 0 Å². The summed E-state index contributed by atoms with van der Waals surface area (Å²) in [5, 5.41) is 3.27. The quantitative estimate of drug-likeness (QED) is 0.164. The summed E-state index contributed by atoms with van der Waals surface area (Å²) in [5.74, 6) is 0. The second-order valence-electron chi connectivity index (χ2n) is 9.33. The van der Waals surface area contributed by atoms with Crippen LogP contribution in [-0.2, 0) is 0 Å². The fourth-order valence-corrected chi connectivity index (χ4v) is 9.45. The van der Waals surface area contributed by atoms with Crippen LogP contribution in [0.1, 0.15) is 104 Å². The van der Waals surface area contributed by atoms with E-state index in [-0.39, 0.29) is 17.0 Å². The Hall–Kier alpha value is -0.650. The molecule has 0 N–H and O–H groups in total. The normalized spacial score (nSPS) is 11.3. The first kappa shape index (κ1) is 29.4. The van der Waals surface area contributed by atoms with Crippen LogP contribution < -0.4 is 27.6 Å². The molecular weight excluding hydrogens is 471 g/mol. The molecule has 2 aromatic carbocycles. The van der Waals surface area contributed by atoms with E-state index in [0.29, 0.717) is 0 Å². The fourth-order valence-electron chi connectivity index (χ4n) is 4.88. The molecule has 0 saturated carbocycles. The van der Waals surface area contributed by atoms with Gasteiger partial charge in [-0.1, -0.05) is 114 Å². The molecule has 0 saturated heterocycles. The Kier molecular flexibility index (Phi) is 17.2. The van der Waals surface area contributed by atoms with Crippen molar-refractivity contribution in [2.45, 2.75) is 104 Å². The summed E-state index contributed by atoms with van der Waals surface area (Å²) >= 11 is 0. The van der Waals surface area contributed by atoms with E-state index >= 15 is 0 Å². The van der Waals surface area contributed by atoms with Gasteiger partial charge in [0.2, 0.25) is 0 Å². The van der Waals surface area contributed by atoms with Gasteiger partial charge < -0.3 is 17.0 Å². The summed E-state index contributed by atoms with van der Waals surface area (Å²) in [5.41, 5.74) is 0. The van der Waals surface area contributed by atoms with Crippen LogP contribution in [0, 0.1) is 0 Å². The molecule has 0 aliphatic rings. The lowest BCUT2D eigenvalue weighted by Gasteiger charge is -2.28. The van der Waals surface area contributed by atoms with E-state index in [0.717, 1.165) is 0 Å². The minimum Gasteiger partial charge on any atom is -1.00 e. The number of unbranched alkanes of at least 4 members (excludes halogenated alkanes) is 12. The average molecular weight is 520 g/mol. The van der Waals surface area contributed by atoms with Crippen molar-refractivity contribution in [3.05, 3.63) is 60.7 Å². The summed E-state index contributed by atoms with van der Waals surface area (Å²) in [4.78, 5) is 0. The van der Waals surface area contributed by atoms with Crippen LogP contribution in [0.4, 0.5) is 0 Å². The zero-order valence-electron chi connectivity index (χ0n) is 20.9. The van der Waals surface area contributed by atoms with Gasteiger partial charge in [0.1, 0.15) is 0 Å². The predicted octanol–water partition coefficient (Wildman–Crippen LogP) is 6.16. The first-order valence-corrected chi connectivity index (χ1v) is 15.5. The Balaban J connectivity index is 0.00000512. The summed E-state index contributed by atoms with van der Waals surface area (Å²) in [6.45, 7) is 4.62. The molecule has 0 bridgehead atoms. The maximum absolute atomic E-state index is 2.43. The molecule has 0 aliphatic carbocycles. The second kappa shape index (κ2) is 18.7. The van der Waals surface area contributed by atoms with E-state index in [1.165, 1.54) is 102 Å². The Morgan fingerprint density at radius 3 is 1.09 bits per heavy atom. The third kappa shape index (κ3) is 10.5. The fraction of sp³-hybridized carbons (Fsp3) is 0.600. The molecule has 2 heteroatoms. The summed E-state index contributed by atoms with van der Waals surface area (Å²) in [6.07, 6.45) is 22.4. The van der Waals surface area contributed by atoms with Crippen LogP contribution in [0.5, 0.6) is 0 Å². The molecule has 0 spiro atoms. The van der Waals surface area contributed by atoms with Gasteiger partial charge >= 0.3 is 0 Å². The molecule has 2 rings (SSSR count). The average Bonchev–Trinajstić information content (AvgIpc) is 2.83. The van der Waals surface area contributed by atoms with Gasteiger partial charge in [-0.05, 0) is 49.9 Å². The molecule has 2 aromatic rings. The Morgan fingerprint density at radius 2 is 0.750 bits per heavy atom. The van der Waals surface area contributed by atoms with E-state index in [9.17, 15) is 0 Å². The monoisotopic (exact) mass is 518 g/mol. The topological polar surface area (TPSA) is 0 Å². The van der Waals surface area contributed by atoms with E-state index in [1.54, 1.807) is 10.6 Å². The maximum Gasteiger partial charge on any atom is 0.0991 e. The first-order chi connectivity index (χ1) is 15.3. The van der Waals surface area contributed by atoms with Crippen LogP contribution >= 0.6 is 7.26 Å². The van der Waals surface area contributed by atoms with E-state index in [1.807, 2.05) is 0 Å². The Bertz CT molecular complexity index is 596.